The van der Waals surface area contributed by atoms with Gasteiger partial charge in [-0.1, -0.05) is 0 Å². The summed E-state index contributed by atoms with van der Waals surface area (Å²) in [5.41, 5.74) is -2.04. The molecule has 0 spiro atoms. The number of hydrogen-bond acceptors (Lipinski definition) is 4. The second-order valence-corrected chi connectivity index (χ2v) is 7.07. The predicted molar refractivity (Wildman–Crippen MR) is 87.2 cm³/mol. The molecule has 0 atom stereocenters. The van der Waals surface area contributed by atoms with Gasteiger partial charge in [0.05, 0.1) is 5.41 Å². The number of rotatable bonds is 5. The average molecular weight is 359 g/mol. The van der Waals surface area contributed by atoms with Gasteiger partial charge in [-0.25, -0.2) is 4.98 Å². The second-order valence-electron chi connectivity index (χ2n) is 7.07. The molecule has 1 fully saturated rings. The predicted octanol–water partition coefficient (Wildman–Crippen LogP) is 2.72. The standard InChI is InChI=1S/C17H24F3N3O2/c1-16(2,15(24)22-12-6-9-23(3)10-7-12)11-25-13-5-4-8-21-14(13)17(18,19)20/h4-5,8,12H,6-7,9-11H2,1-3H3,(H,22,24). The Balaban J connectivity index is 1.96. The molecule has 0 radical (unpaired) electrons. The fourth-order valence-corrected chi connectivity index (χ4v) is 2.58. The first-order chi connectivity index (χ1) is 11.6. The number of halogens is 3. The van der Waals surface area contributed by atoms with Crippen molar-refractivity contribution < 1.29 is 22.7 Å². The Labute approximate surface area is 145 Å². The maximum atomic E-state index is 12.9. The fourth-order valence-electron chi connectivity index (χ4n) is 2.58. The highest BCUT2D eigenvalue weighted by molar-refractivity contribution is 5.82. The maximum Gasteiger partial charge on any atom is 0.437 e. The molecule has 0 aromatic carbocycles. The smallest absolute Gasteiger partial charge is 0.437 e. The zero-order chi connectivity index (χ0) is 18.7. The molecule has 25 heavy (non-hydrogen) atoms. The van der Waals surface area contributed by atoms with Crippen LogP contribution in [0, 0.1) is 5.41 Å². The quantitative estimate of drug-likeness (QED) is 0.878. The summed E-state index contributed by atoms with van der Waals surface area (Å²) < 4.78 is 44.1. The van der Waals surface area contributed by atoms with Gasteiger partial charge in [0.2, 0.25) is 5.91 Å². The third kappa shape index (κ3) is 5.32. The third-order valence-electron chi connectivity index (χ3n) is 4.30. The largest absolute Gasteiger partial charge is 0.490 e. The number of carbonyl (C=O) groups excluding carboxylic acids is 1. The van der Waals surface area contributed by atoms with Crippen molar-refractivity contribution in [2.75, 3.05) is 26.7 Å². The van der Waals surface area contributed by atoms with Crippen molar-refractivity contribution in [3.05, 3.63) is 24.0 Å². The molecule has 0 bridgehead atoms. The van der Waals surface area contributed by atoms with Crippen molar-refractivity contribution in [3.63, 3.8) is 0 Å². The zero-order valence-corrected chi connectivity index (χ0v) is 14.7. The molecule has 1 aromatic rings. The fraction of sp³-hybridized carbons (Fsp3) is 0.647. The molecule has 1 N–H and O–H groups in total. The lowest BCUT2D eigenvalue weighted by atomic mass is 9.92. The van der Waals surface area contributed by atoms with Gasteiger partial charge in [0.1, 0.15) is 12.4 Å². The summed E-state index contributed by atoms with van der Waals surface area (Å²) in [6.07, 6.45) is -1.81. The first kappa shape index (κ1) is 19.5. The Morgan fingerprint density at radius 3 is 2.60 bits per heavy atom. The summed E-state index contributed by atoms with van der Waals surface area (Å²) in [7, 11) is 2.03. The Morgan fingerprint density at radius 2 is 2.00 bits per heavy atom. The highest BCUT2D eigenvalue weighted by atomic mass is 19.4. The molecule has 140 valence electrons. The number of likely N-dealkylation sites (tertiary alicyclic amines) is 1. The molecule has 1 aliphatic rings. The molecule has 0 saturated carbocycles. The van der Waals surface area contributed by atoms with E-state index >= 15 is 0 Å². The monoisotopic (exact) mass is 359 g/mol. The number of alkyl halides is 3. The van der Waals surface area contributed by atoms with Gasteiger partial charge in [-0.3, -0.25) is 4.79 Å². The van der Waals surface area contributed by atoms with E-state index in [1.54, 1.807) is 13.8 Å². The zero-order valence-electron chi connectivity index (χ0n) is 14.7. The van der Waals surface area contributed by atoms with E-state index in [0.29, 0.717) is 0 Å². The summed E-state index contributed by atoms with van der Waals surface area (Å²) in [6, 6.07) is 2.67. The van der Waals surface area contributed by atoms with E-state index in [0.717, 1.165) is 32.1 Å². The summed E-state index contributed by atoms with van der Waals surface area (Å²) >= 11 is 0. The number of pyridine rings is 1. The van der Waals surface area contributed by atoms with Gasteiger partial charge in [-0.05, 0) is 59.0 Å². The van der Waals surface area contributed by atoms with Crippen LogP contribution in [0.1, 0.15) is 32.4 Å². The molecule has 2 rings (SSSR count). The van der Waals surface area contributed by atoms with Crippen molar-refractivity contribution >= 4 is 5.91 Å². The van der Waals surface area contributed by atoms with Gasteiger partial charge in [-0.15, -0.1) is 0 Å². The molecule has 2 heterocycles. The van der Waals surface area contributed by atoms with Crippen LogP contribution in [0.5, 0.6) is 5.75 Å². The van der Waals surface area contributed by atoms with Gasteiger partial charge in [0.15, 0.2) is 5.69 Å². The molecule has 1 aliphatic heterocycles. The minimum absolute atomic E-state index is 0.0899. The first-order valence-corrected chi connectivity index (χ1v) is 8.24. The number of ether oxygens (including phenoxy) is 1. The van der Waals surface area contributed by atoms with E-state index in [1.165, 1.54) is 12.1 Å². The Bertz CT molecular complexity index is 597. The number of aromatic nitrogens is 1. The lowest BCUT2D eigenvalue weighted by molar-refractivity contribution is -0.143. The van der Waals surface area contributed by atoms with Crippen LogP contribution in [0.25, 0.3) is 0 Å². The molecule has 0 aliphatic carbocycles. The molecule has 0 unspecified atom stereocenters. The Morgan fingerprint density at radius 1 is 1.36 bits per heavy atom. The molecule has 1 amide bonds. The summed E-state index contributed by atoms with van der Waals surface area (Å²) in [5.74, 6) is -0.588. The van der Waals surface area contributed by atoms with Crippen LogP contribution < -0.4 is 10.1 Å². The van der Waals surface area contributed by atoms with Gasteiger partial charge < -0.3 is 15.0 Å². The maximum absolute atomic E-state index is 12.9. The molecule has 1 saturated heterocycles. The third-order valence-corrected chi connectivity index (χ3v) is 4.30. The van der Waals surface area contributed by atoms with E-state index in [1.807, 2.05) is 7.05 Å². The van der Waals surface area contributed by atoms with E-state index in [4.69, 9.17) is 4.74 Å². The lowest BCUT2D eigenvalue weighted by Crippen LogP contribution is -2.49. The number of hydrogen-bond donors (Lipinski definition) is 1. The van der Waals surface area contributed by atoms with Crippen LogP contribution in [-0.4, -0.2) is 48.6 Å². The number of amides is 1. The SMILES string of the molecule is CN1CCC(NC(=O)C(C)(C)COc2cccnc2C(F)(F)F)CC1. The van der Waals surface area contributed by atoms with Crippen molar-refractivity contribution in [2.45, 2.75) is 38.9 Å². The topological polar surface area (TPSA) is 54.5 Å². The van der Waals surface area contributed by atoms with Crippen LogP contribution >= 0.6 is 0 Å². The van der Waals surface area contributed by atoms with E-state index in [9.17, 15) is 18.0 Å². The molecular weight excluding hydrogens is 335 g/mol. The van der Waals surface area contributed by atoms with Crippen molar-refractivity contribution in [1.29, 1.82) is 0 Å². The Kier molecular flexibility index (Phi) is 5.92. The van der Waals surface area contributed by atoms with Gasteiger partial charge in [-0.2, -0.15) is 13.2 Å². The van der Waals surface area contributed by atoms with Crippen LogP contribution in [0.4, 0.5) is 13.2 Å². The molecule has 8 heteroatoms. The average Bonchev–Trinajstić information content (AvgIpc) is 2.54. The van der Waals surface area contributed by atoms with E-state index in [2.05, 4.69) is 15.2 Å². The van der Waals surface area contributed by atoms with Crippen molar-refractivity contribution in [1.82, 2.24) is 15.2 Å². The van der Waals surface area contributed by atoms with Crippen LogP contribution in [0.3, 0.4) is 0 Å². The summed E-state index contributed by atoms with van der Waals surface area (Å²) in [5, 5.41) is 2.98. The van der Waals surface area contributed by atoms with Gasteiger partial charge in [0.25, 0.3) is 0 Å². The lowest BCUT2D eigenvalue weighted by Gasteiger charge is -2.32. The minimum atomic E-state index is -4.60. The first-order valence-electron chi connectivity index (χ1n) is 8.24. The highest BCUT2D eigenvalue weighted by Crippen LogP contribution is 2.34. The van der Waals surface area contributed by atoms with E-state index < -0.39 is 17.3 Å². The normalized spacial score (nSPS) is 17.4. The Hall–Kier alpha value is -1.83. The van der Waals surface area contributed by atoms with Gasteiger partial charge >= 0.3 is 6.18 Å². The number of carbonyl (C=O) groups is 1. The number of nitrogens with one attached hydrogen (secondary N) is 1. The number of piperidine rings is 1. The summed E-state index contributed by atoms with van der Waals surface area (Å²) in [6.45, 7) is 4.96. The number of nitrogens with zero attached hydrogens (tertiary/aromatic N) is 2. The summed E-state index contributed by atoms with van der Waals surface area (Å²) in [4.78, 5) is 18.0. The molecular formula is C17H24F3N3O2. The van der Waals surface area contributed by atoms with Crippen molar-refractivity contribution in [3.8, 4) is 5.75 Å². The highest BCUT2D eigenvalue weighted by Gasteiger charge is 2.37. The second kappa shape index (κ2) is 7.59. The van der Waals surface area contributed by atoms with E-state index in [-0.39, 0.29) is 24.3 Å². The van der Waals surface area contributed by atoms with Crippen LogP contribution in [0.15, 0.2) is 18.3 Å². The van der Waals surface area contributed by atoms with Crippen LogP contribution in [0.2, 0.25) is 0 Å². The van der Waals surface area contributed by atoms with Gasteiger partial charge in [0, 0.05) is 12.2 Å². The minimum Gasteiger partial charge on any atom is -0.490 e. The van der Waals surface area contributed by atoms with Crippen LogP contribution in [-0.2, 0) is 11.0 Å². The molecule has 1 aromatic heterocycles. The van der Waals surface area contributed by atoms with Crippen molar-refractivity contribution in [2.24, 2.45) is 5.41 Å². The molecule has 5 nitrogen and oxygen atoms in total.